The summed E-state index contributed by atoms with van der Waals surface area (Å²) < 4.78 is 0. The maximum atomic E-state index is 12.1. The normalized spacial score (nSPS) is 10.9. The van der Waals surface area contributed by atoms with E-state index in [1.165, 1.54) is 0 Å². The number of nitrogens with zero attached hydrogens (tertiary/aromatic N) is 2. The first-order valence-corrected chi connectivity index (χ1v) is 6.91. The highest BCUT2D eigenvalue weighted by Crippen LogP contribution is 2.23. The summed E-state index contributed by atoms with van der Waals surface area (Å²) in [4.78, 5) is 23.7. The first-order valence-electron chi connectivity index (χ1n) is 6.91. The van der Waals surface area contributed by atoms with Gasteiger partial charge < -0.3 is 5.32 Å². The number of benzene rings is 2. The van der Waals surface area contributed by atoms with Crippen molar-refractivity contribution in [3.63, 3.8) is 0 Å². The van der Waals surface area contributed by atoms with E-state index in [4.69, 9.17) is 0 Å². The number of rotatable bonds is 2. The Balaban J connectivity index is 1.84. The molecule has 2 aromatic heterocycles. The molecule has 5 nitrogen and oxygen atoms in total. The number of anilines is 2. The summed E-state index contributed by atoms with van der Waals surface area (Å²) in [5, 5.41) is 4.75. The van der Waals surface area contributed by atoms with E-state index in [1.54, 1.807) is 12.3 Å². The van der Waals surface area contributed by atoms with Crippen molar-refractivity contribution in [1.29, 1.82) is 0 Å². The van der Waals surface area contributed by atoms with Crippen molar-refractivity contribution < 1.29 is 0 Å². The van der Waals surface area contributed by atoms with Crippen LogP contribution in [0.4, 0.5) is 11.6 Å². The lowest BCUT2D eigenvalue weighted by atomic mass is 10.2. The van der Waals surface area contributed by atoms with Gasteiger partial charge >= 0.3 is 0 Å². The minimum absolute atomic E-state index is 0.165. The second-order valence-corrected chi connectivity index (χ2v) is 4.94. The molecule has 0 saturated heterocycles. The van der Waals surface area contributed by atoms with Crippen molar-refractivity contribution in [2.75, 3.05) is 5.32 Å². The van der Waals surface area contributed by atoms with Crippen LogP contribution >= 0.6 is 0 Å². The fourth-order valence-electron chi connectivity index (χ4n) is 2.48. The van der Waals surface area contributed by atoms with Crippen LogP contribution in [0.5, 0.6) is 0 Å². The molecule has 0 fully saturated rings. The summed E-state index contributed by atoms with van der Waals surface area (Å²) in [6.07, 6.45) is 1.74. The Morgan fingerprint density at radius 1 is 0.955 bits per heavy atom. The summed E-state index contributed by atoms with van der Waals surface area (Å²) in [6.45, 7) is 0. The highest BCUT2D eigenvalue weighted by molar-refractivity contribution is 5.91. The molecule has 0 unspecified atom stereocenters. The van der Waals surface area contributed by atoms with E-state index in [-0.39, 0.29) is 5.56 Å². The SMILES string of the molecule is O=c1[nH]c(Nc2cccc3cccnc23)nc2ccccc12. The molecule has 0 spiro atoms. The van der Waals surface area contributed by atoms with E-state index in [9.17, 15) is 4.79 Å². The van der Waals surface area contributed by atoms with Gasteiger partial charge in [0.05, 0.1) is 22.1 Å². The van der Waals surface area contributed by atoms with E-state index in [2.05, 4.69) is 20.3 Å². The smallest absolute Gasteiger partial charge is 0.260 e. The molecule has 0 amide bonds. The van der Waals surface area contributed by atoms with Gasteiger partial charge in [-0.1, -0.05) is 30.3 Å². The molecule has 0 bridgehead atoms. The molecule has 106 valence electrons. The highest BCUT2D eigenvalue weighted by Gasteiger charge is 2.06. The van der Waals surface area contributed by atoms with Gasteiger partial charge in [0, 0.05) is 11.6 Å². The van der Waals surface area contributed by atoms with Crippen LogP contribution in [0.25, 0.3) is 21.8 Å². The molecular weight excluding hydrogens is 276 g/mol. The number of aromatic amines is 1. The zero-order valence-corrected chi connectivity index (χ0v) is 11.6. The molecule has 0 atom stereocenters. The monoisotopic (exact) mass is 288 g/mol. The van der Waals surface area contributed by atoms with Gasteiger partial charge in [-0.2, -0.15) is 0 Å². The van der Waals surface area contributed by atoms with Crippen LogP contribution < -0.4 is 10.9 Å². The first kappa shape index (κ1) is 12.5. The standard InChI is InChI=1S/C17H12N4O/c22-16-12-7-1-2-8-13(12)19-17(21-16)20-14-9-3-5-11-6-4-10-18-15(11)14/h1-10H,(H2,19,20,21,22). The number of hydrogen-bond donors (Lipinski definition) is 2. The van der Waals surface area contributed by atoms with Gasteiger partial charge in [-0.05, 0) is 24.3 Å². The van der Waals surface area contributed by atoms with Crippen molar-refractivity contribution in [1.82, 2.24) is 15.0 Å². The number of fused-ring (bicyclic) bond motifs is 2. The highest BCUT2D eigenvalue weighted by atomic mass is 16.1. The fraction of sp³-hybridized carbons (Fsp3) is 0. The molecular formula is C17H12N4O. The number of H-pyrrole nitrogens is 1. The summed E-state index contributed by atoms with van der Waals surface area (Å²) in [6, 6.07) is 17.0. The predicted molar refractivity (Wildman–Crippen MR) is 87.4 cm³/mol. The Bertz CT molecular complexity index is 1030. The molecule has 2 aromatic carbocycles. The minimum atomic E-state index is -0.165. The van der Waals surface area contributed by atoms with Crippen LogP contribution in [0.1, 0.15) is 0 Å². The Hall–Kier alpha value is -3.21. The first-order chi connectivity index (χ1) is 10.8. The van der Waals surface area contributed by atoms with Gasteiger partial charge in [-0.15, -0.1) is 0 Å². The quantitative estimate of drug-likeness (QED) is 0.594. The number of nitrogens with one attached hydrogen (secondary N) is 2. The maximum Gasteiger partial charge on any atom is 0.260 e. The number of pyridine rings is 1. The lowest BCUT2D eigenvalue weighted by molar-refractivity contribution is 1.17. The van der Waals surface area contributed by atoms with Crippen molar-refractivity contribution >= 4 is 33.4 Å². The lowest BCUT2D eigenvalue weighted by Gasteiger charge is -2.08. The molecule has 2 N–H and O–H groups in total. The van der Waals surface area contributed by atoms with Crippen LogP contribution in [0.3, 0.4) is 0 Å². The van der Waals surface area contributed by atoms with Crippen LogP contribution in [-0.2, 0) is 0 Å². The average molecular weight is 288 g/mol. The zero-order valence-electron chi connectivity index (χ0n) is 11.6. The van der Waals surface area contributed by atoms with Crippen LogP contribution in [0.2, 0.25) is 0 Å². The van der Waals surface area contributed by atoms with Gasteiger partial charge in [0.1, 0.15) is 0 Å². The Labute approximate surface area is 125 Å². The summed E-state index contributed by atoms with van der Waals surface area (Å²) in [7, 11) is 0. The lowest BCUT2D eigenvalue weighted by Crippen LogP contribution is -2.11. The van der Waals surface area contributed by atoms with Crippen molar-refractivity contribution in [3.05, 3.63) is 71.1 Å². The predicted octanol–water partition coefficient (Wildman–Crippen LogP) is 3.21. The molecule has 0 radical (unpaired) electrons. The van der Waals surface area contributed by atoms with E-state index in [1.807, 2.05) is 48.5 Å². The second-order valence-electron chi connectivity index (χ2n) is 4.94. The van der Waals surface area contributed by atoms with Gasteiger partial charge in [0.15, 0.2) is 0 Å². The Morgan fingerprint density at radius 3 is 2.77 bits per heavy atom. The van der Waals surface area contributed by atoms with E-state index < -0.39 is 0 Å². The van der Waals surface area contributed by atoms with Gasteiger partial charge in [0.25, 0.3) is 5.56 Å². The topological polar surface area (TPSA) is 70.7 Å². The van der Waals surface area contributed by atoms with Crippen molar-refractivity contribution in [3.8, 4) is 0 Å². The number of hydrogen-bond acceptors (Lipinski definition) is 4. The number of aromatic nitrogens is 3. The second kappa shape index (κ2) is 4.96. The van der Waals surface area contributed by atoms with E-state index in [0.29, 0.717) is 16.9 Å². The average Bonchev–Trinajstić information content (AvgIpc) is 2.55. The largest absolute Gasteiger partial charge is 0.324 e. The van der Waals surface area contributed by atoms with Crippen molar-refractivity contribution in [2.45, 2.75) is 0 Å². The molecule has 2 heterocycles. The molecule has 0 saturated carbocycles. The summed E-state index contributed by atoms with van der Waals surface area (Å²) in [5.41, 5.74) is 2.13. The molecule has 0 aliphatic carbocycles. The molecule has 4 rings (SSSR count). The van der Waals surface area contributed by atoms with E-state index in [0.717, 1.165) is 16.6 Å². The van der Waals surface area contributed by atoms with Crippen LogP contribution in [0, 0.1) is 0 Å². The molecule has 22 heavy (non-hydrogen) atoms. The van der Waals surface area contributed by atoms with E-state index >= 15 is 0 Å². The fourth-order valence-corrected chi connectivity index (χ4v) is 2.48. The maximum absolute atomic E-state index is 12.1. The molecule has 4 aromatic rings. The van der Waals surface area contributed by atoms with Crippen molar-refractivity contribution in [2.24, 2.45) is 0 Å². The Kier molecular flexibility index (Phi) is 2.83. The number of para-hydroxylation sites is 2. The molecule has 0 aliphatic heterocycles. The third-order valence-electron chi connectivity index (χ3n) is 3.50. The van der Waals surface area contributed by atoms with Crippen LogP contribution in [-0.4, -0.2) is 15.0 Å². The summed E-state index contributed by atoms with van der Waals surface area (Å²) >= 11 is 0. The molecule has 0 aliphatic rings. The minimum Gasteiger partial charge on any atom is -0.324 e. The third kappa shape index (κ3) is 2.09. The summed E-state index contributed by atoms with van der Waals surface area (Å²) in [5.74, 6) is 0.404. The van der Waals surface area contributed by atoms with Gasteiger partial charge in [-0.3, -0.25) is 14.8 Å². The van der Waals surface area contributed by atoms with Gasteiger partial charge in [-0.25, -0.2) is 4.98 Å². The third-order valence-corrected chi connectivity index (χ3v) is 3.50. The van der Waals surface area contributed by atoms with Crippen LogP contribution in [0.15, 0.2) is 65.6 Å². The van der Waals surface area contributed by atoms with Gasteiger partial charge in [0.2, 0.25) is 5.95 Å². The zero-order chi connectivity index (χ0) is 14.9. The molecule has 5 heteroatoms. The Morgan fingerprint density at radius 2 is 1.82 bits per heavy atom.